The number of carbonyl (C=O) groups is 2. The first-order valence-electron chi connectivity index (χ1n) is 7.64. The van der Waals surface area contributed by atoms with Crippen molar-refractivity contribution in [1.29, 1.82) is 0 Å². The molecule has 6 nitrogen and oxygen atoms in total. The minimum atomic E-state index is -3.06. The molecule has 7 heteroatoms. The summed E-state index contributed by atoms with van der Waals surface area (Å²) >= 11 is 0. The number of hydrogen-bond acceptors (Lipinski definition) is 4. The lowest BCUT2D eigenvalue weighted by molar-refractivity contribution is -0.140. The fourth-order valence-corrected chi connectivity index (χ4v) is 4.82. The van der Waals surface area contributed by atoms with Crippen LogP contribution in [0.4, 0.5) is 0 Å². The van der Waals surface area contributed by atoms with Crippen LogP contribution in [0.1, 0.15) is 39.0 Å². The summed E-state index contributed by atoms with van der Waals surface area (Å²) in [7, 11) is -3.06. The van der Waals surface area contributed by atoms with Crippen LogP contribution in [0.15, 0.2) is 0 Å². The zero-order valence-electron chi connectivity index (χ0n) is 12.6. The summed E-state index contributed by atoms with van der Waals surface area (Å²) in [4.78, 5) is 27.4. The van der Waals surface area contributed by atoms with Crippen LogP contribution in [-0.2, 0) is 19.4 Å². The Morgan fingerprint density at radius 3 is 2.24 bits per heavy atom. The second-order valence-electron chi connectivity index (χ2n) is 6.00. The summed E-state index contributed by atoms with van der Waals surface area (Å²) in [6, 6.07) is -0.344. The average Bonchev–Trinajstić information content (AvgIpc) is 2.65. The summed E-state index contributed by atoms with van der Waals surface area (Å²) in [5, 5.41) is 0. The summed E-state index contributed by atoms with van der Waals surface area (Å²) in [5.41, 5.74) is 0. The molecule has 2 aliphatic rings. The largest absolute Gasteiger partial charge is 0.341 e. The second kappa shape index (κ2) is 6.77. The molecule has 0 N–H and O–H groups in total. The van der Waals surface area contributed by atoms with E-state index in [1.807, 2.05) is 4.90 Å². The molecule has 0 aromatic carbocycles. The van der Waals surface area contributed by atoms with Gasteiger partial charge >= 0.3 is 0 Å². The van der Waals surface area contributed by atoms with E-state index in [2.05, 4.69) is 0 Å². The molecule has 0 aromatic rings. The van der Waals surface area contributed by atoms with Crippen LogP contribution < -0.4 is 0 Å². The number of sulfone groups is 1. The highest BCUT2D eigenvalue weighted by Crippen LogP contribution is 2.18. The van der Waals surface area contributed by atoms with Crippen molar-refractivity contribution in [3.05, 3.63) is 0 Å². The van der Waals surface area contributed by atoms with E-state index in [1.165, 1.54) is 11.8 Å². The molecule has 1 atom stereocenters. The SMILES string of the molecule is CC(=O)N(CC(=O)N1CCCCCC1)C1CCS(=O)(=O)C1. The van der Waals surface area contributed by atoms with E-state index in [1.54, 1.807) is 0 Å². The number of amides is 2. The van der Waals surface area contributed by atoms with E-state index in [0.717, 1.165) is 38.8 Å². The fraction of sp³-hybridized carbons (Fsp3) is 0.857. The van der Waals surface area contributed by atoms with Crippen LogP contribution in [0.5, 0.6) is 0 Å². The van der Waals surface area contributed by atoms with Gasteiger partial charge in [0, 0.05) is 26.1 Å². The second-order valence-corrected chi connectivity index (χ2v) is 8.23. The lowest BCUT2D eigenvalue weighted by atomic mass is 10.2. The van der Waals surface area contributed by atoms with Gasteiger partial charge in [0.25, 0.3) is 0 Å². The zero-order chi connectivity index (χ0) is 15.5. The zero-order valence-corrected chi connectivity index (χ0v) is 13.4. The summed E-state index contributed by atoms with van der Waals surface area (Å²) in [6.07, 6.45) is 4.73. The van der Waals surface area contributed by atoms with Crippen molar-refractivity contribution in [2.75, 3.05) is 31.1 Å². The maximum absolute atomic E-state index is 12.4. The molecule has 120 valence electrons. The van der Waals surface area contributed by atoms with Gasteiger partial charge in [0.15, 0.2) is 9.84 Å². The molecule has 2 rings (SSSR count). The van der Waals surface area contributed by atoms with Crippen LogP contribution in [0.3, 0.4) is 0 Å². The number of nitrogens with zero attached hydrogens (tertiary/aromatic N) is 2. The van der Waals surface area contributed by atoms with Gasteiger partial charge in [-0.1, -0.05) is 12.8 Å². The molecule has 2 heterocycles. The number of likely N-dealkylation sites (tertiary alicyclic amines) is 1. The third kappa shape index (κ3) is 4.43. The van der Waals surface area contributed by atoms with Crippen molar-refractivity contribution in [2.24, 2.45) is 0 Å². The average molecular weight is 316 g/mol. The van der Waals surface area contributed by atoms with Crippen LogP contribution in [0.2, 0.25) is 0 Å². The number of carbonyl (C=O) groups excluding carboxylic acids is 2. The maximum atomic E-state index is 12.4. The Labute approximate surface area is 126 Å². The van der Waals surface area contributed by atoms with Gasteiger partial charge in [0.2, 0.25) is 11.8 Å². The van der Waals surface area contributed by atoms with E-state index < -0.39 is 9.84 Å². The third-order valence-electron chi connectivity index (χ3n) is 4.32. The maximum Gasteiger partial charge on any atom is 0.242 e. The Kier molecular flexibility index (Phi) is 5.24. The quantitative estimate of drug-likeness (QED) is 0.756. The van der Waals surface area contributed by atoms with Gasteiger partial charge in [-0.25, -0.2) is 8.42 Å². The van der Waals surface area contributed by atoms with Crippen LogP contribution in [0.25, 0.3) is 0 Å². The van der Waals surface area contributed by atoms with Gasteiger partial charge < -0.3 is 9.80 Å². The summed E-state index contributed by atoms with van der Waals surface area (Å²) in [6.45, 7) is 2.90. The molecular weight excluding hydrogens is 292 g/mol. The van der Waals surface area contributed by atoms with Gasteiger partial charge in [-0.15, -0.1) is 0 Å². The molecular formula is C14H24N2O4S. The Morgan fingerprint density at radius 2 is 1.76 bits per heavy atom. The Hall–Kier alpha value is -1.11. The highest BCUT2D eigenvalue weighted by atomic mass is 32.2. The van der Waals surface area contributed by atoms with Crippen molar-refractivity contribution in [2.45, 2.75) is 45.1 Å². The number of rotatable bonds is 3. The Balaban J connectivity index is 1.99. The van der Waals surface area contributed by atoms with Crippen molar-refractivity contribution in [3.63, 3.8) is 0 Å². The highest BCUT2D eigenvalue weighted by molar-refractivity contribution is 7.91. The molecule has 2 saturated heterocycles. The lowest BCUT2D eigenvalue weighted by Crippen LogP contribution is -2.47. The van der Waals surface area contributed by atoms with Crippen LogP contribution >= 0.6 is 0 Å². The molecule has 0 bridgehead atoms. The molecule has 0 spiro atoms. The molecule has 1 unspecified atom stereocenters. The highest BCUT2D eigenvalue weighted by Gasteiger charge is 2.35. The Bertz CT molecular complexity index is 495. The molecule has 0 aromatic heterocycles. The molecule has 2 aliphatic heterocycles. The summed E-state index contributed by atoms with van der Waals surface area (Å²) in [5.74, 6) is -0.184. The molecule has 2 fully saturated rings. The normalized spacial score (nSPS) is 25.4. The monoisotopic (exact) mass is 316 g/mol. The smallest absolute Gasteiger partial charge is 0.242 e. The minimum Gasteiger partial charge on any atom is -0.341 e. The molecule has 0 saturated carbocycles. The van der Waals surface area contributed by atoms with Crippen LogP contribution in [0, 0.1) is 0 Å². The lowest BCUT2D eigenvalue weighted by Gasteiger charge is -2.29. The van der Waals surface area contributed by atoms with Crippen molar-refractivity contribution in [3.8, 4) is 0 Å². The molecule has 0 aliphatic carbocycles. The fourth-order valence-electron chi connectivity index (χ4n) is 3.08. The van der Waals surface area contributed by atoms with Gasteiger partial charge in [-0.3, -0.25) is 9.59 Å². The first-order chi connectivity index (χ1) is 9.89. The van der Waals surface area contributed by atoms with Crippen molar-refractivity contribution < 1.29 is 18.0 Å². The molecule has 2 amide bonds. The molecule has 21 heavy (non-hydrogen) atoms. The van der Waals surface area contributed by atoms with Crippen molar-refractivity contribution in [1.82, 2.24) is 9.80 Å². The van der Waals surface area contributed by atoms with Gasteiger partial charge in [0.05, 0.1) is 11.5 Å². The standard InChI is InChI=1S/C14H24N2O4S/c1-12(17)16(13-6-9-21(19,20)11-13)10-14(18)15-7-4-2-3-5-8-15/h13H,2-11H2,1H3. The van der Waals surface area contributed by atoms with Gasteiger partial charge in [-0.2, -0.15) is 0 Å². The Morgan fingerprint density at radius 1 is 1.14 bits per heavy atom. The minimum absolute atomic E-state index is 0.00944. The molecule has 0 radical (unpaired) electrons. The van der Waals surface area contributed by atoms with Gasteiger partial charge in [0.1, 0.15) is 6.54 Å². The predicted octanol–water partition coefficient (Wildman–Crippen LogP) is 0.425. The van der Waals surface area contributed by atoms with Crippen molar-refractivity contribution >= 4 is 21.7 Å². The van der Waals surface area contributed by atoms with E-state index in [4.69, 9.17) is 0 Å². The van der Waals surface area contributed by atoms with E-state index in [-0.39, 0.29) is 35.9 Å². The third-order valence-corrected chi connectivity index (χ3v) is 6.07. The first-order valence-corrected chi connectivity index (χ1v) is 9.46. The van der Waals surface area contributed by atoms with E-state index >= 15 is 0 Å². The van der Waals surface area contributed by atoms with Gasteiger partial charge in [-0.05, 0) is 19.3 Å². The van der Waals surface area contributed by atoms with Crippen LogP contribution in [-0.4, -0.2) is 67.2 Å². The predicted molar refractivity (Wildman–Crippen MR) is 79.5 cm³/mol. The first kappa shape index (κ1) is 16.3. The van der Waals surface area contributed by atoms with E-state index in [0.29, 0.717) is 6.42 Å². The van der Waals surface area contributed by atoms with E-state index in [9.17, 15) is 18.0 Å². The summed E-state index contributed by atoms with van der Waals surface area (Å²) < 4.78 is 23.1. The topological polar surface area (TPSA) is 74.8 Å². The number of hydrogen-bond donors (Lipinski definition) is 0.